The van der Waals surface area contributed by atoms with E-state index in [0.717, 1.165) is 12.1 Å². The van der Waals surface area contributed by atoms with Crippen LogP contribution in [0.2, 0.25) is 5.02 Å². The highest BCUT2D eigenvalue weighted by atomic mass is 35.5. The lowest BCUT2D eigenvalue weighted by molar-refractivity contribution is 0.264. The maximum atomic E-state index is 12.9. The molecule has 0 heterocycles. The molecule has 1 rings (SSSR count). The van der Waals surface area contributed by atoms with Gasteiger partial charge in [-0.15, -0.1) is 12.4 Å². The van der Waals surface area contributed by atoms with Crippen molar-refractivity contribution in [1.29, 1.82) is 0 Å². The molecular formula is C9H12Cl2FNO2. The number of halogens is 3. The Morgan fingerprint density at radius 3 is 2.60 bits per heavy atom. The van der Waals surface area contributed by atoms with E-state index in [1.807, 2.05) is 0 Å². The topological polar surface area (TPSA) is 66.5 Å². The van der Waals surface area contributed by atoms with Crippen molar-refractivity contribution in [3.63, 3.8) is 0 Å². The van der Waals surface area contributed by atoms with Crippen LogP contribution < -0.4 is 5.73 Å². The molecule has 1 atom stereocenters. The standard InChI is InChI=1S/C9H11ClFNO2.ClH/c10-8-3-6(11)1-5(9(8)14)2-7(12)4-13;/h1,3,7,13-14H,2,4,12H2;1H. The zero-order valence-corrected chi connectivity index (χ0v) is 9.35. The highest BCUT2D eigenvalue weighted by molar-refractivity contribution is 6.32. The van der Waals surface area contributed by atoms with E-state index >= 15 is 0 Å². The SMILES string of the molecule is Cl.NC(CO)Cc1cc(F)cc(Cl)c1O. The molecule has 15 heavy (non-hydrogen) atoms. The summed E-state index contributed by atoms with van der Waals surface area (Å²) in [5.41, 5.74) is 5.75. The third kappa shape index (κ3) is 3.83. The molecule has 0 fully saturated rings. The van der Waals surface area contributed by atoms with Crippen LogP contribution in [0.1, 0.15) is 5.56 Å². The Hall–Kier alpha value is -0.550. The molecule has 1 aromatic carbocycles. The van der Waals surface area contributed by atoms with Crippen molar-refractivity contribution in [1.82, 2.24) is 0 Å². The summed E-state index contributed by atoms with van der Waals surface area (Å²) in [5.74, 6) is -0.718. The largest absolute Gasteiger partial charge is 0.506 e. The Morgan fingerprint density at radius 2 is 2.07 bits per heavy atom. The molecule has 0 saturated carbocycles. The second kappa shape index (κ2) is 6.12. The second-order valence-electron chi connectivity index (χ2n) is 3.04. The van der Waals surface area contributed by atoms with Gasteiger partial charge < -0.3 is 15.9 Å². The van der Waals surface area contributed by atoms with Gasteiger partial charge in [0.25, 0.3) is 0 Å². The van der Waals surface area contributed by atoms with Gasteiger partial charge in [-0.2, -0.15) is 0 Å². The van der Waals surface area contributed by atoms with Crippen LogP contribution in [0.25, 0.3) is 0 Å². The fourth-order valence-corrected chi connectivity index (χ4v) is 1.35. The number of aliphatic hydroxyl groups is 1. The number of phenolic OH excluding ortho intramolecular Hbond substituents is 1. The lowest BCUT2D eigenvalue weighted by Crippen LogP contribution is -2.26. The zero-order valence-electron chi connectivity index (χ0n) is 7.78. The third-order valence-corrected chi connectivity index (χ3v) is 2.11. The maximum absolute atomic E-state index is 12.9. The van der Waals surface area contributed by atoms with E-state index in [-0.39, 0.29) is 36.2 Å². The Kier molecular flexibility index (Phi) is 5.90. The van der Waals surface area contributed by atoms with Crippen LogP contribution in [-0.2, 0) is 6.42 Å². The maximum Gasteiger partial charge on any atom is 0.137 e. The summed E-state index contributed by atoms with van der Waals surface area (Å²) in [7, 11) is 0. The minimum Gasteiger partial charge on any atom is -0.506 e. The Morgan fingerprint density at radius 1 is 1.47 bits per heavy atom. The van der Waals surface area contributed by atoms with Crippen molar-refractivity contribution in [2.75, 3.05) is 6.61 Å². The van der Waals surface area contributed by atoms with E-state index in [2.05, 4.69) is 0 Å². The summed E-state index contributed by atoms with van der Waals surface area (Å²) in [4.78, 5) is 0. The van der Waals surface area contributed by atoms with E-state index in [0.29, 0.717) is 5.56 Å². The summed E-state index contributed by atoms with van der Waals surface area (Å²) in [6, 6.07) is 1.64. The highest BCUT2D eigenvalue weighted by Crippen LogP contribution is 2.29. The van der Waals surface area contributed by atoms with Gasteiger partial charge in [0, 0.05) is 6.04 Å². The van der Waals surface area contributed by atoms with Crippen LogP contribution in [-0.4, -0.2) is 22.9 Å². The highest BCUT2D eigenvalue weighted by Gasteiger charge is 2.11. The van der Waals surface area contributed by atoms with E-state index in [1.54, 1.807) is 0 Å². The van der Waals surface area contributed by atoms with Gasteiger partial charge in [-0.05, 0) is 24.1 Å². The third-order valence-electron chi connectivity index (χ3n) is 1.82. The molecule has 86 valence electrons. The smallest absolute Gasteiger partial charge is 0.137 e. The van der Waals surface area contributed by atoms with E-state index in [4.69, 9.17) is 22.4 Å². The van der Waals surface area contributed by atoms with Crippen molar-refractivity contribution in [3.05, 3.63) is 28.5 Å². The number of benzene rings is 1. The summed E-state index contributed by atoms with van der Waals surface area (Å²) < 4.78 is 12.9. The van der Waals surface area contributed by atoms with Crippen LogP contribution in [0.5, 0.6) is 5.75 Å². The lowest BCUT2D eigenvalue weighted by Gasteiger charge is -2.10. The monoisotopic (exact) mass is 255 g/mol. The molecule has 1 unspecified atom stereocenters. The molecule has 0 aliphatic heterocycles. The first-order valence-electron chi connectivity index (χ1n) is 4.08. The average molecular weight is 256 g/mol. The number of phenols is 1. The van der Waals surface area contributed by atoms with Crippen LogP contribution in [0.3, 0.4) is 0 Å². The van der Waals surface area contributed by atoms with Crippen LogP contribution in [0, 0.1) is 5.82 Å². The molecule has 0 amide bonds. The predicted octanol–water partition coefficient (Wildman–Crippen LogP) is 1.47. The van der Waals surface area contributed by atoms with Crippen LogP contribution in [0.4, 0.5) is 4.39 Å². The van der Waals surface area contributed by atoms with Gasteiger partial charge in [0.15, 0.2) is 0 Å². The van der Waals surface area contributed by atoms with Gasteiger partial charge in [0.2, 0.25) is 0 Å². The van der Waals surface area contributed by atoms with Crippen molar-refractivity contribution in [2.45, 2.75) is 12.5 Å². The van der Waals surface area contributed by atoms with Crippen molar-refractivity contribution >= 4 is 24.0 Å². The van der Waals surface area contributed by atoms with E-state index < -0.39 is 11.9 Å². The first-order chi connectivity index (χ1) is 6.54. The van der Waals surface area contributed by atoms with Gasteiger partial charge in [-0.1, -0.05) is 11.6 Å². The quantitative estimate of drug-likeness (QED) is 0.767. The zero-order chi connectivity index (χ0) is 10.7. The van der Waals surface area contributed by atoms with Gasteiger partial charge in [0.1, 0.15) is 11.6 Å². The van der Waals surface area contributed by atoms with Gasteiger partial charge >= 0.3 is 0 Å². The molecule has 4 N–H and O–H groups in total. The molecule has 0 radical (unpaired) electrons. The minimum atomic E-state index is -0.534. The van der Waals surface area contributed by atoms with Gasteiger partial charge in [-0.25, -0.2) is 4.39 Å². The molecule has 0 spiro atoms. The van der Waals surface area contributed by atoms with Crippen LogP contribution >= 0.6 is 24.0 Å². The fourth-order valence-electron chi connectivity index (χ4n) is 1.12. The Labute approximate surface area is 98.1 Å². The summed E-state index contributed by atoms with van der Waals surface area (Å²) in [5, 5.41) is 18.1. The molecule has 1 aromatic rings. The number of nitrogens with two attached hydrogens (primary N) is 1. The summed E-state index contributed by atoms with van der Waals surface area (Å²) in [6.07, 6.45) is 0.180. The molecule has 0 aliphatic rings. The second-order valence-corrected chi connectivity index (χ2v) is 3.45. The Bertz CT molecular complexity index is 336. The van der Waals surface area contributed by atoms with E-state index in [1.165, 1.54) is 0 Å². The first-order valence-corrected chi connectivity index (χ1v) is 4.45. The Balaban J connectivity index is 0.00000196. The number of hydrogen-bond donors (Lipinski definition) is 3. The van der Waals surface area contributed by atoms with Gasteiger partial charge in [-0.3, -0.25) is 0 Å². The first kappa shape index (κ1) is 14.5. The molecule has 6 heteroatoms. The normalized spacial score (nSPS) is 12.0. The molecule has 0 bridgehead atoms. The molecule has 0 aromatic heterocycles. The number of aromatic hydroxyl groups is 1. The molecule has 0 saturated heterocycles. The molecule has 3 nitrogen and oxygen atoms in total. The lowest BCUT2D eigenvalue weighted by atomic mass is 10.1. The van der Waals surface area contributed by atoms with Gasteiger partial charge in [0.05, 0.1) is 11.6 Å². The summed E-state index contributed by atoms with van der Waals surface area (Å²) in [6.45, 7) is -0.229. The number of rotatable bonds is 3. The average Bonchev–Trinajstić information content (AvgIpc) is 2.13. The minimum absolute atomic E-state index is 0. The predicted molar refractivity (Wildman–Crippen MR) is 59.1 cm³/mol. The summed E-state index contributed by atoms with van der Waals surface area (Å²) >= 11 is 5.55. The van der Waals surface area contributed by atoms with Crippen molar-refractivity contribution in [2.24, 2.45) is 5.73 Å². The fraction of sp³-hybridized carbons (Fsp3) is 0.333. The molecule has 0 aliphatic carbocycles. The van der Waals surface area contributed by atoms with Crippen molar-refractivity contribution < 1.29 is 14.6 Å². The van der Waals surface area contributed by atoms with Crippen LogP contribution in [0.15, 0.2) is 12.1 Å². The molecular weight excluding hydrogens is 244 g/mol. The van der Waals surface area contributed by atoms with Crippen molar-refractivity contribution in [3.8, 4) is 5.75 Å². The number of aliphatic hydroxyl groups excluding tert-OH is 1. The van der Waals surface area contributed by atoms with E-state index in [9.17, 15) is 9.50 Å². The number of hydrogen-bond acceptors (Lipinski definition) is 3.